The van der Waals surface area contributed by atoms with Gasteiger partial charge in [0.05, 0.1) is 39.6 Å². The van der Waals surface area contributed by atoms with E-state index in [-0.39, 0.29) is 39.6 Å². The van der Waals surface area contributed by atoms with Crippen LogP contribution in [-0.4, -0.2) is 63.8 Å². The molecule has 0 aromatic rings. The molecule has 86 valence electrons. The summed E-state index contributed by atoms with van der Waals surface area (Å²) in [4.78, 5) is 0. The smallest absolute Gasteiger partial charge is 0.394 e. The number of hydrogen-bond donors (Lipinski definition) is 3. The molecule has 0 aromatic heterocycles. The molecule has 0 saturated carbocycles. The SMILES string of the molecule is C[Si](OCCO)(OCCO)OCCO. The van der Waals surface area contributed by atoms with Gasteiger partial charge in [-0.05, 0) is 0 Å². The lowest BCUT2D eigenvalue weighted by molar-refractivity contribution is 0.0332. The molecular formula is C7H18O6Si. The number of hydrogen-bond acceptors (Lipinski definition) is 6. The third-order valence-corrected chi connectivity index (χ3v) is 3.55. The van der Waals surface area contributed by atoms with Gasteiger partial charge in [0, 0.05) is 6.55 Å². The van der Waals surface area contributed by atoms with Crippen LogP contribution in [0.5, 0.6) is 0 Å². The Labute approximate surface area is 84.4 Å². The second-order valence-electron chi connectivity index (χ2n) is 2.58. The normalized spacial score (nSPS) is 12.0. The molecule has 0 aliphatic heterocycles. The van der Waals surface area contributed by atoms with Crippen molar-refractivity contribution < 1.29 is 28.6 Å². The first-order valence-corrected chi connectivity index (χ1v) is 6.65. The highest BCUT2D eigenvalue weighted by Crippen LogP contribution is 2.08. The molecule has 7 heteroatoms. The van der Waals surface area contributed by atoms with Crippen molar-refractivity contribution in [1.82, 2.24) is 0 Å². The van der Waals surface area contributed by atoms with E-state index in [0.29, 0.717) is 0 Å². The second-order valence-corrected chi connectivity index (χ2v) is 5.17. The van der Waals surface area contributed by atoms with Crippen LogP contribution >= 0.6 is 0 Å². The first-order chi connectivity index (χ1) is 6.68. The number of aliphatic hydroxyl groups is 3. The molecule has 3 N–H and O–H groups in total. The van der Waals surface area contributed by atoms with Gasteiger partial charge in [0.25, 0.3) is 0 Å². The summed E-state index contributed by atoms with van der Waals surface area (Å²) in [5, 5.41) is 25.7. The van der Waals surface area contributed by atoms with E-state index >= 15 is 0 Å². The van der Waals surface area contributed by atoms with E-state index in [9.17, 15) is 0 Å². The number of rotatable bonds is 9. The lowest BCUT2D eigenvalue weighted by Gasteiger charge is -2.25. The van der Waals surface area contributed by atoms with Crippen LogP contribution in [0.15, 0.2) is 0 Å². The molecule has 0 fully saturated rings. The van der Waals surface area contributed by atoms with Crippen LogP contribution in [0.3, 0.4) is 0 Å². The molecule has 14 heavy (non-hydrogen) atoms. The Bertz CT molecular complexity index is 112. The van der Waals surface area contributed by atoms with Crippen LogP contribution in [0, 0.1) is 0 Å². The van der Waals surface area contributed by atoms with Gasteiger partial charge >= 0.3 is 8.80 Å². The minimum atomic E-state index is -2.79. The molecule has 0 rings (SSSR count). The fourth-order valence-electron chi connectivity index (χ4n) is 0.818. The molecule has 0 heterocycles. The summed E-state index contributed by atoms with van der Waals surface area (Å²) in [6, 6.07) is 0. The van der Waals surface area contributed by atoms with Crippen molar-refractivity contribution in [3.05, 3.63) is 0 Å². The van der Waals surface area contributed by atoms with Crippen molar-refractivity contribution in [3.63, 3.8) is 0 Å². The summed E-state index contributed by atoms with van der Waals surface area (Å²) in [6.45, 7) is 1.67. The monoisotopic (exact) mass is 226 g/mol. The van der Waals surface area contributed by atoms with Crippen molar-refractivity contribution >= 4 is 8.80 Å². The molecule has 6 nitrogen and oxygen atoms in total. The predicted molar refractivity (Wildman–Crippen MR) is 50.7 cm³/mol. The molecular weight excluding hydrogens is 208 g/mol. The quantitative estimate of drug-likeness (QED) is 0.418. The summed E-state index contributed by atoms with van der Waals surface area (Å²) in [7, 11) is -2.79. The minimum absolute atomic E-state index is 0.117. The highest BCUT2D eigenvalue weighted by atomic mass is 28.4. The molecule has 0 unspecified atom stereocenters. The van der Waals surface area contributed by atoms with Crippen molar-refractivity contribution in [1.29, 1.82) is 0 Å². The third kappa shape index (κ3) is 6.43. The average molecular weight is 226 g/mol. The Kier molecular flexibility index (Phi) is 8.29. The van der Waals surface area contributed by atoms with Crippen LogP contribution in [0.4, 0.5) is 0 Å². The van der Waals surface area contributed by atoms with E-state index in [2.05, 4.69) is 0 Å². The molecule has 0 saturated heterocycles. The summed E-state index contributed by atoms with van der Waals surface area (Å²) in [6.07, 6.45) is 0. The molecule has 0 aliphatic rings. The van der Waals surface area contributed by atoms with Crippen molar-refractivity contribution in [2.45, 2.75) is 6.55 Å². The summed E-state index contributed by atoms with van der Waals surface area (Å²) in [5.74, 6) is 0. The van der Waals surface area contributed by atoms with Crippen LogP contribution in [0.25, 0.3) is 0 Å². The van der Waals surface area contributed by atoms with Gasteiger partial charge in [-0.25, -0.2) is 0 Å². The maximum atomic E-state index is 8.57. The molecule has 0 amide bonds. The van der Waals surface area contributed by atoms with E-state index < -0.39 is 8.80 Å². The van der Waals surface area contributed by atoms with Gasteiger partial charge in [0.15, 0.2) is 0 Å². The Morgan fingerprint density at radius 2 is 1.07 bits per heavy atom. The fourth-order valence-corrected chi connectivity index (χ4v) is 2.45. The van der Waals surface area contributed by atoms with Crippen molar-refractivity contribution in [2.75, 3.05) is 39.6 Å². The standard InChI is InChI=1S/C7H18O6Si/c1-14(11-5-2-8,12-6-3-9)13-7-4-10/h8-10H,2-7H2,1H3. The Balaban J connectivity index is 3.89. The summed E-state index contributed by atoms with van der Waals surface area (Å²) in [5.41, 5.74) is 0. The topological polar surface area (TPSA) is 88.4 Å². The van der Waals surface area contributed by atoms with Gasteiger partial charge in [-0.2, -0.15) is 0 Å². The van der Waals surface area contributed by atoms with Crippen molar-refractivity contribution in [2.24, 2.45) is 0 Å². The van der Waals surface area contributed by atoms with E-state index in [4.69, 9.17) is 28.6 Å². The van der Waals surface area contributed by atoms with Crippen LogP contribution in [0.2, 0.25) is 6.55 Å². The van der Waals surface area contributed by atoms with Crippen LogP contribution in [-0.2, 0) is 13.3 Å². The summed E-state index contributed by atoms with van der Waals surface area (Å²) < 4.78 is 15.6. The Morgan fingerprint density at radius 3 is 1.29 bits per heavy atom. The molecule has 0 bridgehead atoms. The lowest BCUT2D eigenvalue weighted by Crippen LogP contribution is -2.44. The maximum absolute atomic E-state index is 8.57. The Morgan fingerprint density at radius 1 is 0.786 bits per heavy atom. The highest BCUT2D eigenvalue weighted by Gasteiger charge is 2.34. The van der Waals surface area contributed by atoms with Crippen LogP contribution < -0.4 is 0 Å². The predicted octanol–water partition coefficient (Wildman–Crippen LogP) is -1.42. The zero-order valence-corrected chi connectivity index (χ0v) is 9.31. The van der Waals surface area contributed by atoms with E-state index in [1.807, 2.05) is 0 Å². The van der Waals surface area contributed by atoms with Gasteiger partial charge in [0.1, 0.15) is 0 Å². The molecule has 0 spiro atoms. The number of aliphatic hydroxyl groups excluding tert-OH is 3. The first-order valence-electron chi connectivity index (χ1n) is 4.43. The average Bonchev–Trinajstić information content (AvgIpc) is 2.21. The Hall–Kier alpha value is -0.0231. The fraction of sp³-hybridized carbons (Fsp3) is 1.00. The molecule has 0 aliphatic carbocycles. The molecule has 0 atom stereocenters. The highest BCUT2D eigenvalue weighted by molar-refractivity contribution is 6.59. The first kappa shape index (κ1) is 14.0. The van der Waals surface area contributed by atoms with Crippen LogP contribution in [0.1, 0.15) is 0 Å². The van der Waals surface area contributed by atoms with E-state index in [1.54, 1.807) is 6.55 Å². The maximum Gasteiger partial charge on any atom is 0.497 e. The molecule has 0 radical (unpaired) electrons. The van der Waals surface area contributed by atoms with Crippen molar-refractivity contribution in [3.8, 4) is 0 Å². The van der Waals surface area contributed by atoms with Gasteiger partial charge in [-0.3, -0.25) is 0 Å². The van der Waals surface area contributed by atoms with Gasteiger partial charge in [0.2, 0.25) is 0 Å². The zero-order valence-electron chi connectivity index (χ0n) is 8.31. The minimum Gasteiger partial charge on any atom is -0.394 e. The zero-order chi connectivity index (χ0) is 10.9. The van der Waals surface area contributed by atoms with Gasteiger partial charge in [-0.1, -0.05) is 0 Å². The van der Waals surface area contributed by atoms with Gasteiger partial charge in [-0.15, -0.1) is 0 Å². The molecule has 0 aromatic carbocycles. The largest absolute Gasteiger partial charge is 0.497 e. The lowest BCUT2D eigenvalue weighted by atomic mass is 10.8. The third-order valence-electron chi connectivity index (χ3n) is 1.37. The second kappa shape index (κ2) is 8.30. The van der Waals surface area contributed by atoms with E-state index in [1.165, 1.54) is 0 Å². The van der Waals surface area contributed by atoms with Gasteiger partial charge < -0.3 is 28.6 Å². The summed E-state index contributed by atoms with van der Waals surface area (Å²) >= 11 is 0. The van der Waals surface area contributed by atoms with E-state index in [0.717, 1.165) is 0 Å².